The number of hydrogen-bond acceptors (Lipinski definition) is 1. The zero-order valence-electron chi connectivity index (χ0n) is 30.2. The minimum absolute atomic E-state index is 0.721. The Morgan fingerprint density at radius 1 is 0.395 bits per heavy atom. The lowest BCUT2D eigenvalue weighted by Crippen LogP contribution is -2.21. The molecule has 0 saturated carbocycles. The molecule has 0 amide bonds. The summed E-state index contributed by atoms with van der Waals surface area (Å²) in [6, 6.07) is 0. The molecule has 0 bridgehead atoms. The molecular formula is C37H82O. The largest absolute Gasteiger partial charge is 0.381 e. The Kier molecular flexibility index (Phi) is 39.2. The molecule has 1 nitrogen and oxygen atoms in total. The van der Waals surface area contributed by atoms with Gasteiger partial charge in [0.25, 0.3) is 0 Å². The van der Waals surface area contributed by atoms with E-state index in [1.165, 1.54) is 70.6 Å². The van der Waals surface area contributed by atoms with Crippen LogP contribution in [0.4, 0.5) is 0 Å². The van der Waals surface area contributed by atoms with Gasteiger partial charge in [0.1, 0.15) is 0 Å². The van der Waals surface area contributed by atoms with E-state index in [9.17, 15) is 0 Å². The lowest BCUT2D eigenvalue weighted by atomic mass is 9.77. The number of unbranched alkanes of at least 4 members (excludes halogenated alkanes) is 2. The Bertz CT molecular complexity index is 378. The second-order valence-electron chi connectivity index (χ2n) is 13.0. The monoisotopic (exact) mass is 543 g/mol. The molecule has 0 N–H and O–H groups in total. The molecule has 0 aliphatic heterocycles. The Morgan fingerprint density at radius 3 is 0.974 bits per heavy atom. The van der Waals surface area contributed by atoms with Gasteiger partial charge in [-0.2, -0.15) is 0 Å². The van der Waals surface area contributed by atoms with Crippen molar-refractivity contribution in [1.29, 1.82) is 0 Å². The van der Waals surface area contributed by atoms with Gasteiger partial charge >= 0.3 is 0 Å². The van der Waals surface area contributed by atoms with Gasteiger partial charge in [-0.25, -0.2) is 0 Å². The predicted molar refractivity (Wildman–Crippen MR) is 180 cm³/mol. The van der Waals surface area contributed by atoms with E-state index in [1.807, 2.05) is 0 Å². The summed E-state index contributed by atoms with van der Waals surface area (Å²) in [5, 5.41) is 0. The van der Waals surface area contributed by atoms with E-state index < -0.39 is 0 Å². The number of rotatable bonds is 18. The molecule has 7 atom stereocenters. The Hall–Kier alpha value is -0.0400. The first kappa shape index (κ1) is 45.0. The van der Waals surface area contributed by atoms with E-state index >= 15 is 0 Å². The van der Waals surface area contributed by atoms with Gasteiger partial charge in [0.15, 0.2) is 0 Å². The van der Waals surface area contributed by atoms with E-state index in [4.69, 9.17) is 4.74 Å². The summed E-state index contributed by atoms with van der Waals surface area (Å²) in [7, 11) is 0. The van der Waals surface area contributed by atoms with E-state index in [1.54, 1.807) is 0 Å². The Morgan fingerprint density at radius 2 is 0.737 bits per heavy atom. The van der Waals surface area contributed by atoms with E-state index in [0.29, 0.717) is 0 Å². The fourth-order valence-corrected chi connectivity index (χ4v) is 3.72. The summed E-state index contributed by atoms with van der Waals surface area (Å²) >= 11 is 0. The first-order valence-corrected chi connectivity index (χ1v) is 17.4. The minimum atomic E-state index is 0.721. The third kappa shape index (κ3) is 32.2. The Labute approximate surface area is 246 Å². The van der Waals surface area contributed by atoms with Crippen molar-refractivity contribution in [2.75, 3.05) is 13.2 Å². The van der Waals surface area contributed by atoms with Crippen molar-refractivity contribution in [1.82, 2.24) is 0 Å². The SMILES string of the molecule is CCC(C)C(C)C(C)C(C)CC.CCC(C)CC.CCC(C)COCC(C)CC.CCCCCC(C)CC. The van der Waals surface area contributed by atoms with Crippen LogP contribution in [0.2, 0.25) is 0 Å². The van der Waals surface area contributed by atoms with Gasteiger partial charge in [-0.05, 0) is 47.3 Å². The third-order valence-corrected chi connectivity index (χ3v) is 9.50. The van der Waals surface area contributed by atoms with Crippen molar-refractivity contribution in [2.24, 2.45) is 47.3 Å². The summed E-state index contributed by atoms with van der Waals surface area (Å²) in [5.41, 5.74) is 0. The molecule has 0 aromatic carbocycles. The average Bonchev–Trinajstić information content (AvgIpc) is 2.95. The van der Waals surface area contributed by atoms with Crippen molar-refractivity contribution < 1.29 is 4.74 Å². The van der Waals surface area contributed by atoms with Crippen LogP contribution in [0.25, 0.3) is 0 Å². The fraction of sp³-hybridized carbons (Fsp3) is 1.00. The van der Waals surface area contributed by atoms with Crippen molar-refractivity contribution in [3.8, 4) is 0 Å². The molecular weight excluding hydrogens is 460 g/mol. The highest BCUT2D eigenvalue weighted by atomic mass is 16.5. The molecule has 0 aliphatic carbocycles. The molecule has 0 heterocycles. The van der Waals surface area contributed by atoms with Gasteiger partial charge in [-0.15, -0.1) is 0 Å². The summed E-state index contributed by atoms with van der Waals surface area (Å²) in [6.07, 6.45) is 14.7. The molecule has 0 aliphatic rings. The first-order valence-electron chi connectivity index (χ1n) is 17.4. The maximum atomic E-state index is 5.54. The van der Waals surface area contributed by atoms with Gasteiger partial charge in [0, 0.05) is 13.2 Å². The van der Waals surface area contributed by atoms with Crippen LogP contribution in [-0.2, 0) is 4.74 Å². The topological polar surface area (TPSA) is 9.23 Å². The summed E-state index contributed by atoms with van der Waals surface area (Å²) in [6.45, 7) is 38.5. The van der Waals surface area contributed by atoms with Crippen LogP contribution in [0.5, 0.6) is 0 Å². The first-order chi connectivity index (χ1) is 17.9. The van der Waals surface area contributed by atoms with Crippen molar-refractivity contribution in [2.45, 2.75) is 181 Å². The lowest BCUT2D eigenvalue weighted by Gasteiger charge is -2.29. The lowest BCUT2D eigenvalue weighted by molar-refractivity contribution is 0.0780. The second kappa shape index (κ2) is 33.2. The molecule has 0 aromatic rings. The van der Waals surface area contributed by atoms with Crippen LogP contribution in [0.15, 0.2) is 0 Å². The summed E-state index contributed by atoms with van der Waals surface area (Å²) in [4.78, 5) is 0. The van der Waals surface area contributed by atoms with Gasteiger partial charge in [0.2, 0.25) is 0 Å². The fourth-order valence-electron chi connectivity index (χ4n) is 3.72. The zero-order valence-corrected chi connectivity index (χ0v) is 30.2. The summed E-state index contributed by atoms with van der Waals surface area (Å²) < 4.78 is 5.54. The predicted octanol–water partition coefficient (Wildman–Crippen LogP) is 13.5. The van der Waals surface area contributed by atoms with Crippen LogP contribution in [0, 0.1) is 47.3 Å². The van der Waals surface area contributed by atoms with Crippen LogP contribution >= 0.6 is 0 Å². The van der Waals surface area contributed by atoms with Crippen molar-refractivity contribution in [3.05, 3.63) is 0 Å². The zero-order chi connectivity index (χ0) is 30.5. The normalized spacial score (nSPS) is 16.3. The molecule has 0 aromatic heterocycles. The number of hydrogen-bond donors (Lipinski definition) is 0. The van der Waals surface area contributed by atoms with Gasteiger partial charge < -0.3 is 4.74 Å². The molecule has 1 heteroatoms. The molecule has 38 heavy (non-hydrogen) atoms. The molecule has 0 fully saturated rings. The third-order valence-electron chi connectivity index (χ3n) is 9.50. The standard InChI is InChI=1S/C12H26.C10H22O.C9H20.C6H14/c1-7-9(3)11(5)12(6)10(4)8-2;1-5-9(3)7-11-8-10(4)6-2;1-4-6-7-8-9(3)5-2;1-4-6(3)5-2/h9-12H,7-8H2,1-6H3;9-10H,5-8H2,1-4H3;9H,4-8H2,1-3H3;6H,4-5H2,1-3H3. The van der Waals surface area contributed by atoms with Crippen LogP contribution in [0.3, 0.4) is 0 Å². The van der Waals surface area contributed by atoms with E-state index in [-0.39, 0.29) is 0 Å². The van der Waals surface area contributed by atoms with Crippen LogP contribution in [0.1, 0.15) is 181 Å². The highest BCUT2D eigenvalue weighted by Gasteiger charge is 2.21. The Balaban J connectivity index is -0.000000208. The summed E-state index contributed by atoms with van der Waals surface area (Å²) in [5.74, 6) is 6.86. The van der Waals surface area contributed by atoms with Gasteiger partial charge in [0.05, 0.1) is 0 Å². The second-order valence-corrected chi connectivity index (χ2v) is 13.0. The van der Waals surface area contributed by atoms with Gasteiger partial charge in [-0.1, -0.05) is 181 Å². The van der Waals surface area contributed by atoms with Gasteiger partial charge in [-0.3, -0.25) is 0 Å². The molecule has 0 saturated heterocycles. The minimum Gasteiger partial charge on any atom is -0.381 e. The van der Waals surface area contributed by atoms with E-state index in [2.05, 4.69) is 111 Å². The molecule has 7 unspecified atom stereocenters. The van der Waals surface area contributed by atoms with E-state index in [0.717, 1.165) is 60.6 Å². The molecule has 0 spiro atoms. The smallest absolute Gasteiger partial charge is 0.0491 e. The molecule has 0 rings (SSSR count). The average molecular weight is 543 g/mol. The highest BCUT2D eigenvalue weighted by Crippen LogP contribution is 2.29. The van der Waals surface area contributed by atoms with Crippen LogP contribution in [-0.4, -0.2) is 13.2 Å². The molecule has 0 radical (unpaired) electrons. The highest BCUT2D eigenvalue weighted by molar-refractivity contribution is 4.71. The maximum Gasteiger partial charge on any atom is 0.0491 e. The van der Waals surface area contributed by atoms with Crippen molar-refractivity contribution in [3.63, 3.8) is 0 Å². The number of ether oxygens (including phenoxy) is 1. The quantitative estimate of drug-likeness (QED) is 0.156. The van der Waals surface area contributed by atoms with Crippen molar-refractivity contribution >= 4 is 0 Å². The van der Waals surface area contributed by atoms with Crippen LogP contribution < -0.4 is 0 Å². The molecule has 236 valence electrons. The maximum absolute atomic E-state index is 5.54.